The minimum Gasteiger partial charge on any atom is -0.465 e. The number of methoxy groups -OCH3 is 2. The average molecular weight is 412 g/mol. The van der Waals surface area contributed by atoms with Crippen molar-refractivity contribution >= 4 is 40.7 Å². The van der Waals surface area contributed by atoms with Crippen molar-refractivity contribution in [1.29, 1.82) is 0 Å². The molecule has 0 saturated carbocycles. The Morgan fingerprint density at radius 1 is 1.00 bits per heavy atom. The van der Waals surface area contributed by atoms with E-state index in [0.717, 1.165) is 0 Å². The van der Waals surface area contributed by atoms with Gasteiger partial charge in [-0.25, -0.2) is 9.59 Å². The van der Waals surface area contributed by atoms with E-state index in [9.17, 15) is 19.2 Å². The van der Waals surface area contributed by atoms with Crippen LogP contribution in [0.4, 0.5) is 17.1 Å². The fraction of sp³-hybridized carbons (Fsp3) is 0.200. The van der Waals surface area contributed by atoms with Crippen molar-refractivity contribution < 1.29 is 28.7 Å². The first-order valence-corrected chi connectivity index (χ1v) is 8.65. The quantitative estimate of drug-likeness (QED) is 0.307. The minimum absolute atomic E-state index is 0.00699. The molecule has 2 aromatic rings. The van der Waals surface area contributed by atoms with Crippen LogP contribution in [0.3, 0.4) is 0 Å². The van der Waals surface area contributed by atoms with Gasteiger partial charge in [0.25, 0.3) is 5.91 Å². The third kappa shape index (κ3) is 5.47. The van der Waals surface area contributed by atoms with E-state index in [-0.39, 0.29) is 16.8 Å². The molecule has 10 heteroatoms. The van der Waals surface area contributed by atoms with E-state index in [0.29, 0.717) is 11.4 Å². The lowest BCUT2D eigenvalue weighted by molar-refractivity contribution is -0.126. The number of hydrogen-bond acceptors (Lipinski definition) is 9. The van der Waals surface area contributed by atoms with E-state index < -0.39 is 29.7 Å². The summed E-state index contributed by atoms with van der Waals surface area (Å²) in [4.78, 5) is 48.2. The summed E-state index contributed by atoms with van der Waals surface area (Å²) in [7, 11) is 2.37. The van der Waals surface area contributed by atoms with Crippen LogP contribution in [0, 0.1) is 0 Å². The Bertz CT molecular complexity index is 1020. The maximum atomic E-state index is 12.5. The number of amides is 1. The summed E-state index contributed by atoms with van der Waals surface area (Å²) in [6, 6.07) is 8.80. The van der Waals surface area contributed by atoms with Gasteiger partial charge in [0.15, 0.2) is 5.78 Å². The summed E-state index contributed by atoms with van der Waals surface area (Å²) >= 11 is 0. The van der Waals surface area contributed by atoms with Crippen molar-refractivity contribution in [3.05, 3.63) is 53.6 Å². The first-order chi connectivity index (χ1) is 14.3. The maximum absolute atomic E-state index is 12.5. The number of anilines is 2. The van der Waals surface area contributed by atoms with Gasteiger partial charge in [0.05, 0.1) is 25.3 Å². The SMILES string of the molecule is COC(=O)c1ccc(C(=O)OC)c(N=NC(C(C)=O)C(=O)Nc2cccc(N)c2)c1. The number of esters is 2. The molecule has 1 amide bonds. The van der Waals surface area contributed by atoms with Gasteiger partial charge in [0, 0.05) is 11.4 Å². The minimum atomic E-state index is -1.49. The smallest absolute Gasteiger partial charge is 0.340 e. The van der Waals surface area contributed by atoms with Crippen molar-refractivity contribution in [1.82, 2.24) is 0 Å². The van der Waals surface area contributed by atoms with Crippen LogP contribution in [-0.4, -0.2) is 43.9 Å². The third-order valence-electron chi connectivity index (χ3n) is 3.89. The van der Waals surface area contributed by atoms with Gasteiger partial charge in [-0.1, -0.05) is 6.07 Å². The fourth-order valence-corrected chi connectivity index (χ4v) is 2.41. The van der Waals surface area contributed by atoms with Crippen molar-refractivity contribution in [2.45, 2.75) is 13.0 Å². The number of Topliss-reactive ketones (excluding diaryl/α,β-unsaturated/α-hetero) is 1. The number of benzene rings is 2. The maximum Gasteiger partial charge on any atom is 0.340 e. The van der Waals surface area contributed by atoms with Crippen LogP contribution in [0.5, 0.6) is 0 Å². The highest BCUT2D eigenvalue weighted by Gasteiger charge is 2.24. The molecule has 3 N–H and O–H groups in total. The van der Waals surface area contributed by atoms with Crippen LogP contribution in [0.2, 0.25) is 0 Å². The Kier molecular flexibility index (Phi) is 7.34. The second-order valence-electron chi connectivity index (χ2n) is 6.06. The number of carbonyl (C=O) groups excluding carboxylic acids is 4. The molecule has 0 bridgehead atoms. The van der Waals surface area contributed by atoms with Gasteiger partial charge in [-0.2, -0.15) is 10.2 Å². The highest BCUT2D eigenvalue weighted by atomic mass is 16.5. The molecular formula is C20H20N4O6. The van der Waals surface area contributed by atoms with Crippen LogP contribution in [0.15, 0.2) is 52.7 Å². The zero-order valence-corrected chi connectivity index (χ0v) is 16.5. The van der Waals surface area contributed by atoms with Gasteiger partial charge in [-0.05, 0) is 43.3 Å². The molecule has 0 aromatic heterocycles. The van der Waals surface area contributed by atoms with Crippen LogP contribution >= 0.6 is 0 Å². The predicted molar refractivity (Wildman–Crippen MR) is 108 cm³/mol. The monoisotopic (exact) mass is 412 g/mol. The predicted octanol–water partition coefficient (Wildman–Crippen LogP) is 2.52. The lowest BCUT2D eigenvalue weighted by Crippen LogP contribution is -2.31. The van der Waals surface area contributed by atoms with Gasteiger partial charge in [-0.3, -0.25) is 9.59 Å². The summed E-state index contributed by atoms with van der Waals surface area (Å²) in [5.41, 5.74) is 6.51. The molecular weight excluding hydrogens is 392 g/mol. The van der Waals surface area contributed by atoms with Crippen LogP contribution in [0.25, 0.3) is 0 Å². The van der Waals surface area contributed by atoms with E-state index in [2.05, 4.69) is 25.0 Å². The van der Waals surface area contributed by atoms with Crippen LogP contribution in [0.1, 0.15) is 27.6 Å². The van der Waals surface area contributed by atoms with Gasteiger partial charge < -0.3 is 20.5 Å². The lowest BCUT2D eigenvalue weighted by atomic mass is 10.1. The molecule has 0 aliphatic rings. The van der Waals surface area contributed by atoms with Crippen molar-refractivity contribution in [3.8, 4) is 0 Å². The molecule has 0 fully saturated rings. The molecule has 1 unspecified atom stereocenters. The molecule has 0 aliphatic heterocycles. The topological polar surface area (TPSA) is 150 Å². The van der Waals surface area contributed by atoms with E-state index in [1.807, 2.05) is 0 Å². The molecule has 0 heterocycles. The molecule has 0 spiro atoms. The van der Waals surface area contributed by atoms with E-state index >= 15 is 0 Å². The Labute approximate surface area is 172 Å². The molecule has 30 heavy (non-hydrogen) atoms. The van der Waals surface area contributed by atoms with Crippen molar-refractivity contribution in [2.75, 3.05) is 25.3 Å². The molecule has 10 nitrogen and oxygen atoms in total. The Hall–Kier alpha value is -4.08. The summed E-state index contributed by atoms with van der Waals surface area (Å²) in [5, 5.41) is 10.2. The summed E-state index contributed by atoms with van der Waals surface area (Å²) in [6.07, 6.45) is 0. The molecule has 156 valence electrons. The highest BCUT2D eigenvalue weighted by molar-refractivity contribution is 6.10. The lowest BCUT2D eigenvalue weighted by Gasteiger charge is -2.10. The first-order valence-electron chi connectivity index (χ1n) is 8.65. The Morgan fingerprint density at radius 2 is 1.70 bits per heavy atom. The van der Waals surface area contributed by atoms with Gasteiger partial charge in [0.2, 0.25) is 6.04 Å². The number of hydrogen-bond donors (Lipinski definition) is 2. The van der Waals surface area contributed by atoms with E-state index in [1.165, 1.54) is 45.4 Å². The number of azo groups is 1. The van der Waals surface area contributed by atoms with Crippen LogP contribution < -0.4 is 11.1 Å². The molecule has 1 atom stereocenters. The number of nitrogens with two attached hydrogens (primary N) is 1. The number of nitrogens with zero attached hydrogens (tertiary/aromatic N) is 2. The molecule has 2 aromatic carbocycles. The number of carbonyl (C=O) groups is 4. The zero-order chi connectivity index (χ0) is 22.3. The number of ketones is 1. The largest absolute Gasteiger partial charge is 0.465 e. The number of rotatable bonds is 7. The molecule has 0 saturated heterocycles. The summed E-state index contributed by atoms with van der Waals surface area (Å²) in [6.45, 7) is 1.18. The number of nitrogens with one attached hydrogen (secondary N) is 1. The fourth-order valence-electron chi connectivity index (χ4n) is 2.41. The molecule has 2 rings (SSSR count). The van der Waals surface area contributed by atoms with E-state index in [1.54, 1.807) is 18.2 Å². The second-order valence-corrected chi connectivity index (χ2v) is 6.06. The highest BCUT2D eigenvalue weighted by Crippen LogP contribution is 2.24. The van der Waals surface area contributed by atoms with Gasteiger partial charge >= 0.3 is 11.9 Å². The average Bonchev–Trinajstić information content (AvgIpc) is 2.72. The Morgan fingerprint density at radius 3 is 2.30 bits per heavy atom. The van der Waals surface area contributed by atoms with Gasteiger partial charge in [-0.15, -0.1) is 0 Å². The third-order valence-corrected chi connectivity index (χ3v) is 3.89. The summed E-state index contributed by atoms with van der Waals surface area (Å²) < 4.78 is 9.32. The van der Waals surface area contributed by atoms with Crippen molar-refractivity contribution in [3.63, 3.8) is 0 Å². The van der Waals surface area contributed by atoms with Gasteiger partial charge in [0.1, 0.15) is 5.69 Å². The number of nitrogen functional groups attached to an aromatic ring is 1. The zero-order valence-electron chi connectivity index (χ0n) is 16.5. The molecule has 0 radical (unpaired) electrons. The Balaban J connectivity index is 2.36. The second kappa shape index (κ2) is 9.92. The van der Waals surface area contributed by atoms with E-state index in [4.69, 9.17) is 5.73 Å². The standard InChI is InChI=1S/C20H20N4O6/c1-11(25)17(18(26)22-14-6-4-5-13(21)10-14)24-23-16-9-12(19(27)29-2)7-8-15(16)20(28)30-3/h4-10,17H,21H2,1-3H3,(H,22,26). The molecule has 0 aliphatic carbocycles. The van der Waals surface area contributed by atoms with Crippen LogP contribution in [-0.2, 0) is 19.1 Å². The van der Waals surface area contributed by atoms with Crippen molar-refractivity contribution in [2.24, 2.45) is 10.2 Å². The number of ether oxygens (including phenoxy) is 2. The first kappa shape index (κ1) is 22.2. The summed E-state index contributed by atoms with van der Waals surface area (Å²) in [5.74, 6) is -2.71. The normalized spacial score (nSPS) is 11.6.